The van der Waals surface area contributed by atoms with Crippen molar-refractivity contribution in [3.63, 3.8) is 0 Å². The van der Waals surface area contributed by atoms with Gasteiger partial charge in [0.1, 0.15) is 0 Å². The fourth-order valence-corrected chi connectivity index (χ4v) is 2.07. The summed E-state index contributed by atoms with van der Waals surface area (Å²) in [5.41, 5.74) is 0. The Morgan fingerprint density at radius 1 is 1.28 bits per heavy atom. The third kappa shape index (κ3) is 8.72. The standard InChI is InChI=1S/C13H25NO3.ClH/c1-2-17-13(15)4-3-10-16-11-7-12-5-8-14-9-6-12;/h12,14H,2-11H2,1H3;1H. The van der Waals surface area contributed by atoms with Crippen LogP contribution in [0.3, 0.4) is 0 Å². The molecule has 1 N–H and O–H groups in total. The zero-order valence-electron chi connectivity index (χ0n) is 11.3. The second kappa shape index (κ2) is 11.8. The lowest BCUT2D eigenvalue weighted by atomic mass is 9.95. The summed E-state index contributed by atoms with van der Waals surface area (Å²) in [6, 6.07) is 0. The Hall–Kier alpha value is -0.320. The van der Waals surface area contributed by atoms with E-state index < -0.39 is 0 Å². The number of carbonyl (C=O) groups excluding carboxylic acids is 1. The molecule has 0 aromatic carbocycles. The van der Waals surface area contributed by atoms with Gasteiger partial charge in [0.15, 0.2) is 0 Å². The number of carbonyl (C=O) groups is 1. The summed E-state index contributed by atoms with van der Waals surface area (Å²) < 4.78 is 10.4. The first-order chi connectivity index (χ1) is 8.33. The lowest BCUT2D eigenvalue weighted by molar-refractivity contribution is -0.143. The highest BCUT2D eigenvalue weighted by Gasteiger charge is 2.12. The Balaban J connectivity index is 0.00000289. The van der Waals surface area contributed by atoms with Gasteiger partial charge in [0.05, 0.1) is 6.61 Å². The number of esters is 1. The summed E-state index contributed by atoms with van der Waals surface area (Å²) in [4.78, 5) is 11.0. The minimum atomic E-state index is -0.116. The molecule has 0 radical (unpaired) electrons. The molecule has 0 bridgehead atoms. The maximum absolute atomic E-state index is 11.0. The van der Waals surface area contributed by atoms with Gasteiger partial charge >= 0.3 is 5.97 Å². The monoisotopic (exact) mass is 279 g/mol. The lowest BCUT2D eigenvalue weighted by Crippen LogP contribution is -2.28. The highest BCUT2D eigenvalue weighted by Crippen LogP contribution is 2.15. The summed E-state index contributed by atoms with van der Waals surface area (Å²) >= 11 is 0. The SMILES string of the molecule is CCOC(=O)CCCOCCC1CCNCC1.Cl. The van der Waals surface area contributed by atoms with Crippen molar-refractivity contribution in [1.29, 1.82) is 0 Å². The van der Waals surface area contributed by atoms with Crippen molar-refractivity contribution in [2.45, 2.75) is 39.0 Å². The molecule has 0 atom stereocenters. The van der Waals surface area contributed by atoms with E-state index >= 15 is 0 Å². The molecule has 1 fully saturated rings. The van der Waals surface area contributed by atoms with Crippen LogP contribution in [0, 0.1) is 5.92 Å². The van der Waals surface area contributed by atoms with Crippen molar-refractivity contribution < 1.29 is 14.3 Å². The van der Waals surface area contributed by atoms with Gasteiger partial charge in [-0.2, -0.15) is 0 Å². The lowest BCUT2D eigenvalue weighted by Gasteiger charge is -2.22. The van der Waals surface area contributed by atoms with Gasteiger partial charge in [0.25, 0.3) is 0 Å². The number of nitrogens with one attached hydrogen (secondary N) is 1. The molecule has 0 unspecified atom stereocenters. The van der Waals surface area contributed by atoms with Gasteiger partial charge in [-0.15, -0.1) is 12.4 Å². The molecule has 0 aromatic rings. The molecule has 18 heavy (non-hydrogen) atoms. The number of ether oxygens (including phenoxy) is 2. The molecular formula is C13H26ClNO3. The second-order valence-electron chi connectivity index (χ2n) is 4.50. The maximum atomic E-state index is 11.0. The van der Waals surface area contributed by atoms with Gasteiger partial charge in [-0.25, -0.2) is 0 Å². The Bertz CT molecular complexity index is 208. The number of hydrogen-bond donors (Lipinski definition) is 1. The third-order valence-corrected chi connectivity index (χ3v) is 3.10. The average molecular weight is 280 g/mol. The van der Waals surface area contributed by atoms with Crippen LogP contribution in [0.4, 0.5) is 0 Å². The van der Waals surface area contributed by atoms with E-state index in [2.05, 4.69) is 5.32 Å². The number of hydrogen-bond acceptors (Lipinski definition) is 4. The highest BCUT2D eigenvalue weighted by molar-refractivity contribution is 5.85. The van der Waals surface area contributed by atoms with E-state index in [0.717, 1.165) is 38.5 Å². The molecule has 0 spiro atoms. The summed E-state index contributed by atoms with van der Waals surface area (Å²) in [5, 5.41) is 3.36. The fraction of sp³-hybridized carbons (Fsp3) is 0.923. The molecule has 0 saturated carbocycles. The molecule has 108 valence electrons. The molecule has 1 saturated heterocycles. The van der Waals surface area contributed by atoms with Crippen molar-refractivity contribution in [3.05, 3.63) is 0 Å². The minimum Gasteiger partial charge on any atom is -0.466 e. The van der Waals surface area contributed by atoms with Crippen molar-refractivity contribution in [2.24, 2.45) is 5.92 Å². The van der Waals surface area contributed by atoms with Crippen LogP contribution in [0.2, 0.25) is 0 Å². The zero-order chi connectivity index (χ0) is 12.3. The van der Waals surface area contributed by atoms with E-state index in [1.165, 1.54) is 12.8 Å². The summed E-state index contributed by atoms with van der Waals surface area (Å²) in [6.45, 7) is 6.08. The average Bonchev–Trinajstić information content (AvgIpc) is 2.35. The summed E-state index contributed by atoms with van der Waals surface area (Å²) in [5.74, 6) is 0.704. The summed E-state index contributed by atoms with van der Waals surface area (Å²) in [7, 11) is 0. The molecule has 0 amide bonds. The predicted octanol–water partition coefficient (Wildman–Crippen LogP) is 2.16. The first-order valence-corrected chi connectivity index (χ1v) is 6.77. The molecule has 1 aliphatic rings. The van der Waals surface area contributed by atoms with Crippen LogP contribution in [-0.2, 0) is 14.3 Å². The summed E-state index contributed by atoms with van der Waals surface area (Å²) in [6.07, 6.45) is 4.94. The van der Waals surface area contributed by atoms with E-state index in [9.17, 15) is 4.79 Å². The van der Waals surface area contributed by atoms with Gasteiger partial charge in [-0.3, -0.25) is 4.79 Å². The number of rotatable bonds is 8. The van der Waals surface area contributed by atoms with Crippen LogP contribution >= 0.6 is 12.4 Å². The molecule has 1 rings (SSSR count). The van der Waals surface area contributed by atoms with Crippen LogP contribution in [0.1, 0.15) is 39.0 Å². The van der Waals surface area contributed by atoms with E-state index in [0.29, 0.717) is 19.6 Å². The Morgan fingerprint density at radius 2 is 2.00 bits per heavy atom. The first kappa shape index (κ1) is 17.7. The largest absolute Gasteiger partial charge is 0.466 e. The number of halogens is 1. The van der Waals surface area contributed by atoms with Gasteiger partial charge in [0.2, 0.25) is 0 Å². The predicted molar refractivity (Wildman–Crippen MR) is 74.1 cm³/mol. The van der Waals surface area contributed by atoms with Crippen LogP contribution in [0.25, 0.3) is 0 Å². The third-order valence-electron chi connectivity index (χ3n) is 3.10. The molecule has 0 aliphatic carbocycles. The Morgan fingerprint density at radius 3 is 2.67 bits per heavy atom. The maximum Gasteiger partial charge on any atom is 0.305 e. The molecule has 5 heteroatoms. The molecule has 1 aliphatic heterocycles. The van der Waals surface area contributed by atoms with Crippen molar-refractivity contribution >= 4 is 18.4 Å². The normalized spacial score (nSPS) is 16.1. The smallest absolute Gasteiger partial charge is 0.305 e. The van der Waals surface area contributed by atoms with Gasteiger partial charge in [0, 0.05) is 19.6 Å². The quantitative estimate of drug-likeness (QED) is 0.546. The second-order valence-corrected chi connectivity index (χ2v) is 4.50. The Labute approximate surface area is 116 Å². The van der Waals surface area contributed by atoms with Crippen LogP contribution < -0.4 is 5.32 Å². The van der Waals surface area contributed by atoms with Crippen molar-refractivity contribution in [1.82, 2.24) is 5.32 Å². The van der Waals surface area contributed by atoms with Crippen LogP contribution in [0.5, 0.6) is 0 Å². The Kier molecular flexibility index (Phi) is 11.5. The molecule has 4 nitrogen and oxygen atoms in total. The topological polar surface area (TPSA) is 47.6 Å². The van der Waals surface area contributed by atoms with E-state index in [1.807, 2.05) is 6.92 Å². The van der Waals surface area contributed by atoms with Gasteiger partial charge in [-0.1, -0.05) is 0 Å². The molecular weight excluding hydrogens is 254 g/mol. The molecule has 1 heterocycles. The first-order valence-electron chi connectivity index (χ1n) is 6.77. The van der Waals surface area contributed by atoms with Gasteiger partial charge in [-0.05, 0) is 51.6 Å². The van der Waals surface area contributed by atoms with E-state index in [1.54, 1.807) is 0 Å². The minimum absolute atomic E-state index is 0. The van der Waals surface area contributed by atoms with Crippen LogP contribution in [-0.4, -0.2) is 38.9 Å². The van der Waals surface area contributed by atoms with Crippen molar-refractivity contribution in [2.75, 3.05) is 32.9 Å². The van der Waals surface area contributed by atoms with Gasteiger partial charge < -0.3 is 14.8 Å². The fourth-order valence-electron chi connectivity index (χ4n) is 2.07. The zero-order valence-corrected chi connectivity index (χ0v) is 12.1. The number of piperidine rings is 1. The van der Waals surface area contributed by atoms with E-state index in [-0.39, 0.29) is 18.4 Å². The molecule has 0 aromatic heterocycles. The van der Waals surface area contributed by atoms with E-state index in [4.69, 9.17) is 9.47 Å². The van der Waals surface area contributed by atoms with Crippen molar-refractivity contribution in [3.8, 4) is 0 Å². The highest BCUT2D eigenvalue weighted by atomic mass is 35.5. The van der Waals surface area contributed by atoms with Crippen LogP contribution in [0.15, 0.2) is 0 Å².